The summed E-state index contributed by atoms with van der Waals surface area (Å²) in [5.41, 5.74) is 2.05. The predicted octanol–water partition coefficient (Wildman–Crippen LogP) is 3.16. The summed E-state index contributed by atoms with van der Waals surface area (Å²) in [6.07, 6.45) is 0.869. The average molecular weight is 256 g/mol. The van der Waals surface area contributed by atoms with E-state index in [2.05, 4.69) is 16.9 Å². The molecule has 2 heterocycles. The van der Waals surface area contributed by atoms with Crippen molar-refractivity contribution >= 4 is 24.0 Å². The third-order valence-electron chi connectivity index (χ3n) is 3.22. The summed E-state index contributed by atoms with van der Waals surface area (Å²) in [6.45, 7) is 4.12. The van der Waals surface area contributed by atoms with Crippen LogP contribution in [0.15, 0.2) is 0 Å². The van der Waals surface area contributed by atoms with Gasteiger partial charge in [0.05, 0.1) is 0 Å². The van der Waals surface area contributed by atoms with Crippen molar-refractivity contribution in [3.63, 3.8) is 0 Å². The molecule has 16 heavy (non-hydrogen) atoms. The Labute approximate surface area is 105 Å². The molecule has 1 aromatic rings. The maximum Gasteiger partial charge on any atom is 0.140 e. The van der Waals surface area contributed by atoms with Gasteiger partial charge in [0.2, 0.25) is 0 Å². The summed E-state index contributed by atoms with van der Waals surface area (Å²) in [6, 6.07) is 0. The monoisotopic (exact) mass is 256 g/mol. The van der Waals surface area contributed by atoms with Crippen LogP contribution in [0.3, 0.4) is 0 Å². The van der Waals surface area contributed by atoms with Crippen molar-refractivity contribution in [2.75, 3.05) is 7.11 Å². The smallest absolute Gasteiger partial charge is 0.140 e. The fraction of sp³-hybridized carbons (Fsp3) is 0.636. The fourth-order valence-corrected chi connectivity index (χ4v) is 3.18. The van der Waals surface area contributed by atoms with Gasteiger partial charge in [0.25, 0.3) is 0 Å². The van der Waals surface area contributed by atoms with E-state index in [1.807, 2.05) is 18.7 Å². The molecule has 0 bridgehead atoms. The molecule has 0 aliphatic carbocycles. The first-order valence-corrected chi connectivity index (χ1v) is 6.92. The second-order valence-corrected chi connectivity index (χ2v) is 5.50. The topological polar surface area (TPSA) is 37.9 Å². The first kappa shape index (κ1) is 12.1. The molecule has 1 aromatic heterocycles. The Bertz CT molecular complexity index is 452. The lowest BCUT2D eigenvalue weighted by Crippen LogP contribution is -2.27. The van der Waals surface area contributed by atoms with E-state index in [-0.39, 0.29) is 5.60 Å². The molecule has 0 saturated carbocycles. The van der Waals surface area contributed by atoms with Gasteiger partial charge in [-0.25, -0.2) is 4.98 Å². The third-order valence-corrected chi connectivity index (χ3v) is 4.55. The molecule has 0 fully saturated rings. The standard InChI is InChI=1S/C11H16N2OS2/c1-4-11(2,14-3)10-12-8-6-16-5-7(8)9(15)13-10/h4-6H2,1-3H3,(H,12,13,15). The van der Waals surface area contributed by atoms with E-state index in [1.54, 1.807) is 7.11 Å². The number of rotatable bonds is 3. The van der Waals surface area contributed by atoms with Crippen LogP contribution >= 0.6 is 24.0 Å². The van der Waals surface area contributed by atoms with Crippen LogP contribution in [-0.4, -0.2) is 17.1 Å². The van der Waals surface area contributed by atoms with Crippen molar-refractivity contribution in [1.29, 1.82) is 0 Å². The number of hydrogen-bond acceptors (Lipinski definition) is 4. The Morgan fingerprint density at radius 2 is 2.31 bits per heavy atom. The van der Waals surface area contributed by atoms with Crippen LogP contribution in [-0.2, 0) is 21.8 Å². The number of hydrogen-bond donors (Lipinski definition) is 1. The number of nitrogens with one attached hydrogen (secondary N) is 1. The van der Waals surface area contributed by atoms with Gasteiger partial charge in [-0.1, -0.05) is 19.1 Å². The van der Waals surface area contributed by atoms with Crippen molar-refractivity contribution in [1.82, 2.24) is 9.97 Å². The molecule has 0 aromatic carbocycles. The zero-order valence-corrected chi connectivity index (χ0v) is 11.4. The lowest BCUT2D eigenvalue weighted by Gasteiger charge is -2.26. The zero-order valence-electron chi connectivity index (χ0n) is 9.79. The third kappa shape index (κ3) is 1.92. The number of ether oxygens (including phenoxy) is 1. The molecule has 2 rings (SSSR count). The quantitative estimate of drug-likeness (QED) is 0.843. The van der Waals surface area contributed by atoms with Crippen molar-refractivity contribution in [3.8, 4) is 0 Å². The highest BCUT2D eigenvalue weighted by atomic mass is 32.2. The van der Waals surface area contributed by atoms with Gasteiger partial charge in [-0.05, 0) is 13.3 Å². The van der Waals surface area contributed by atoms with Crippen molar-refractivity contribution < 1.29 is 4.74 Å². The molecule has 3 nitrogen and oxygen atoms in total. The highest BCUT2D eigenvalue weighted by Crippen LogP contribution is 2.32. The summed E-state index contributed by atoms with van der Waals surface area (Å²) >= 11 is 7.20. The number of aromatic amines is 1. The van der Waals surface area contributed by atoms with Gasteiger partial charge in [-0.15, -0.1) is 0 Å². The van der Waals surface area contributed by atoms with E-state index in [4.69, 9.17) is 17.0 Å². The molecule has 1 unspecified atom stereocenters. The van der Waals surface area contributed by atoms with Gasteiger partial charge in [0, 0.05) is 29.9 Å². The minimum absolute atomic E-state index is 0.365. The number of aromatic nitrogens is 2. The number of fused-ring (bicyclic) bond motifs is 1. The van der Waals surface area contributed by atoms with E-state index in [0.717, 1.165) is 28.4 Å². The molecular formula is C11H16N2OS2. The lowest BCUT2D eigenvalue weighted by atomic mass is 10.0. The van der Waals surface area contributed by atoms with E-state index >= 15 is 0 Å². The SMILES string of the molecule is CCC(C)(OC)c1nc(=S)c2c([nH]1)CSC2. The molecule has 1 atom stereocenters. The predicted molar refractivity (Wildman–Crippen MR) is 69.1 cm³/mol. The molecular weight excluding hydrogens is 240 g/mol. The van der Waals surface area contributed by atoms with Gasteiger partial charge >= 0.3 is 0 Å². The number of nitrogens with zero attached hydrogens (tertiary/aromatic N) is 1. The first-order valence-electron chi connectivity index (χ1n) is 5.36. The largest absolute Gasteiger partial charge is 0.371 e. The Hall–Kier alpha value is -0.390. The van der Waals surface area contributed by atoms with Crippen LogP contribution in [0.1, 0.15) is 37.4 Å². The Morgan fingerprint density at radius 3 is 2.94 bits per heavy atom. The van der Waals surface area contributed by atoms with Crippen LogP contribution in [0.5, 0.6) is 0 Å². The molecule has 0 spiro atoms. The number of H-pyrrole nitrogens is 1. The summed E-state index contributed by atoms with van der Waals surface area (Å²) in [5.74, 6) is 2.83. The first-order chi connectivity index (χ1) is 7.60. The van der Waals surface area contributed by atoms with Crippen LogP contribution in [0.4, 0.5) is 0 Å². The minimum atomic E-state index is -0.365. The van der Waals surface area contributed by atoms with Gasteiger partial charge in [0.15, 0.2) is 0 Å². The molecule has 88 valence electrons. The lowest BCUT2D eigenvalue weighted by molar-refractivity contribution is -0.00922. The van der Waals surface area contributed by atoms with E-state index in [9.17, 15) is 0 Å². The van der Waals surface area contributed by atoms with E-state index in [0.29, 0.717) is 0 Å². The van der Waals surface area contributed by atoms with Crippen LogP contribution < -0.4 is 0 Å². The average Bonchev–Trinajstić information content (AvgIpc) is 2.76. The molecule has 1 N–H and O–H groups in total. The van der Waals surface area contributed by atoms with Crippen molar-refractivity contribution in [2.45, 2.75) is 37.4 Å². The van der Waals surface area contributed by atoms with Crippen LogP contribution in [0.2, 0.25) is 0 Å². The van der Waals surface area contributed by atoms with Crippen LogP contribution in [0, 0.1) is 4.64 Å². The molecule has 1 aliphatic rings. The van der Waals surface area contributed by atoms with E-state index < -0.39 is 0 Å². The zero-order chi connectivity index (χ0) is 11.8. The van der Waals surface area contributed by atoms with Gasteiger partial charge in [0.1, 0.15) is 16.1 Å². The fourth-order valence-electron chi connectivity index (χ4n) is 1.73. The molecule has 1 aliphatic heterocycles. The maximum absolute atomic E-state index is 5.54. The number of thioether (sulfide) groups is 1. The highest BCUT2D eigenvalue weighted by Gasteiger charge is 2.28. The molecule has 0 amide bonds. The highest BCUT2D eigenvalue weighted by molar-refractivity contribution is 7.98. The Morgan fingerprint density at radius 1 is 1.56 bits per heavy atom. The summed E-state index contributed by atoms with van der Waals surface area (Å²) in [4.78, 5) is 7.86. The Kier molecular flexibility index (Phi) is 3.37. The van der Waals surface area contributed by atoms with Crippen LogP contribution in [0.25, 0.3) is 0 Å². The molecule has 0 saturated heterocycles. The second kappa shape index (κ2) is 4.47. The maximum atomic E-state index is 5.54. The minimum Gasteiger partial charge on any atom is -0.371 e. The summed E-state index contributed by atoms with van der Waals surface area (Å²) in [5, 5.41) is 0. The van der Waals surface area contributed by atoms with Gasteiger partial charge < -0.3 is 9.72 Å². The Balaban J connectivity index is 2.52. The van der Waals surface area contributed by atoms with Crippen molar-refractivity contribution in [2.24, 2.45) is 0 Å². The summed E-state index contributed by atoms with van der Waals surface area (Å²) in [7, 11) is 1.71. The van der Waals surface area contributed by atoms with Gasteiger partial charge in [-0.3, -0.25) is 0 Å². The van der Waals surface area contributed by atoms with E-state index in [1.165, 1.54) is 11.3 Å². The van der Waals surface area contributed by atoms with Gasteiger partial charge in [-0.2, -0.15) is 11.8 Å². The van der Waals surface area contributed by atoms with Crippen molar-refractivity contribution in [3.05, 3.63) is 21.7 Å². The summed E-state index contributed by atoms with van der Waals surface area (Å²) < 4.78 is 6.27. The number of methoxy groups -OCH3 is 1. The molecule has 5 heteroatoms. The second-order valence-electron chi connectivity index (χ2n) is 4.13. The molecule has 0 radical (unpaired) electrons. The normalized spacial score (nSPS) is 18.2.